The summed E-state index contributed by atoms with van der Waals surface area (Å²) in [7, 11) is 0. The van der Waals surface area contributed by atoms with Crippen molar-refractivity contribution < 1.29 is 9.47 Å². The molecule has 1 aliphatic heterocycles. The molecule has 6 aromatic carbocycles. The van der Waals surface area contributed by atoms with Gasteiger partial charge in [0.25, 0.3) is 0 Å². The van der Waals surface area contributed by atoms with Gasteiger partial charge in [0.15, 0.2) is 28.8 Å². The molecule has 0 aliphatic carbocycles. The first-order chi connectivity index (χ1) is 24.7. The SMILES string of the molecule is c1ccc(-c2ccc(-c3cc(-c4cc(-c5cccnc5)cc(-c5ccc6c(c5)Oc5ccccc5O6)c4)nc(-c4ccccc4)n3)cc2)cc1. The molecule has 0 fully saturated rings. The Balaban J connectivity index is 1.18. The lowest BCUT2D eigenvalue weighted by Gasteiger charge is -2.21. The minimum atomic E-state index is 0.663. The smallest absolute Gasteiger partial charge is 0.170 e. The van der Waals surface area contributed by atoms with Crippen LogP contribution in [0, 0.1) is 0 Å². The van der Waals surface area contributed by atoms with Crippen LogP contribution in [0.3, 0.4) is 0 Å². The molecule has 0 atom stereocenters. The average Bonchev–Trinajstić information content (AvgIpc) is 3.20. The van der Waals surface area contributed by atoms with Crippen LogP contribution in [-0.4, -0.2) is 15.0 Å². The van der Waals surface area contributed by atoms with E-state index in [2.05, 4.69) is 89.9 Å². The van der Waals surface area contributed by atoms with Crippen molar-refractivity contribution in [2.24, 2.45) is 0 Å². The first-order valence-electron chi connectivity index (χ1n) is 16.5. The van der Waals surface area contributed by atoms with Crippen LogP contribution in [0.25, 0.3) is 67.3 Å². The zero-order valence-electron chi connectivity index (χ0n) is 26.9. The zero-order valence-corrected chi connectivity index (χ0v) is 26.9. The summed E-state index contributed by atoms with van der Waals surface area (Å²) in [5.74, 6) is 3.42. The molecule has 0 saturated carbocycles. The summed E-state index contributed by atoms with van der Waals surface area (Å²) in [5.41, 5.74) is 11.0. The van der Waals surface area contributed by atoms with Crippen LogP contribution in [0.4, 0.5) is 0 Å². The Morgan fingerprint density at radius 3 is 1.54 bits per heavy atom. The van der Waals surface area contributed by atoms with Crippen LogP contribution >= 0.6 is 0 Å². The quantitative estimate of drug-likeness (QED) is 0.180. The van der Waals surface area contributed by atoms with Crippen molar-refractivity contribution in [3.63, 3.8) is 0 Å². The summed E-state index contributed by atoms with van der Waals surface area (Å²) in [6.07, 6.45) is 3.68. The fraction of sp³-hybridized carbons (Fsp3) is 0. The molecule has 5 heteroatoms. The van der Waals surface area contributed by atoms with Crippen LogP contribution in [0.1, 0.15) is 0 Å². The van der Waals surface area contributed by atoms with Crippen molar-refractivity contribution in [1.82, 2.24) is 15.0 Å². The molecule has 9 rings (SSSR count). The lowest BCUT2D eigenvalue weighted by Crippen LogP contribution is -1.99. The standard InChI is InChI=1S/C45H29N3O2/c1-3-10-30(11-4-1)31-17-19-32(20-18-31)39-28-40(48-45(47-39)33-12-5-2-6-13-33)38-25-36(24-37(26-38)35-14-9-23-46-29-35)34-21-22-43-44(27-34)50-42-16-8-7-15-41(42)49-43/h1-29H. The van der Waals surface area contributed by atoms with E-state index in [-0.39, 0.29) is 0 Å². The third kappa shape index (κ3) is 5.78. The molecule has 5 nitrogen and oxygen atoms in total. The van der Waals surface area contributed by atoms with Crippen molar-refractivity contribution in [2.45, 2.75) is 0 Å². The molecule has 1 aliphatic rings. The van der Waals surface area contributed by atoms with E-state index in [0.717, 1.165) is 55.9 Å². The Morgan fingerprint density at radius 1 is 0.320 bits per heavy atom. The van der Waals surface area contributed by atoms with Gasteiger partial charge >= 0.3 is 0 Å². The molecule has 0 amide bonds. The first-order valence-corrected chi connectivity index (χ1v) is 16.5. The number of fused-ring (bicyclic) bond motifs is 2. The van der Waals surface area contributed by atoms with Gasteiger partial charge in [0, 0.05) is 34.6 Å². The maximum atomic E-state index is 6.28. The summed E-state index contributed by atoms with van der Waals surface area (Å²) in [6, 6.07) is 55.5. The zero-order chi connectivity index (χ0) is 33.3. The predicted octanol–water partition coefficient (Wildman–Crippen LogP) is 11.8. The third-order valence-electron chi connectivity index (χ3n) is 8.84. The fourth-order valence-corrected chi connectivity index (χ4v) is 6.27. The van der Waals surface area contributed by atoms with Gasteiger partial charge in [0.2, 0.25) is 0 Å². The van der Waals surface area contributed by atoms with E-state index in [9.17, 15) is 0 Å². The van der Waals surface area contributed by atoms with E-state index in [1.54, 1.807) is 6.20 Å². The summed E-state index contributed by atoms with van der Waals surface area (Å²) in [6.45, 7) is 0. The maximum absolute atomic E-state index is 6.28. The van der Waals surface area contributed by atoms with Gasteiger partial charge in [-0.15, -0.1) is 0 Å². The number of nitrogens with zero attached hydrogens (tertiary/aromatic N) is 3. The molecule has 0 spiro atoms. The highest BCUT2D eigenvalue weighted by Gasteiger charge is 2.20. The molecule has 3 heterocycles. The van der Waals surface area contributed by atoms with Crippen LogP contribution in [0.2, 0.25) is 0 Å². The third-order valence-corrected chi connectivity index (χ3v) is 8.84. The lowest BCUT2D eigenvalue weighted by atomic mass is 9.94. The van der Waals surface area contributed by atoms with Gasteiger partial charge in [-0.1, -0.05) is 109 Å². The maximum Gasteiger partial charge on any atom is 0.170 e. The Hall–Kier alpha value is -6.85. The van der Waals surface area contributed by atoms with Crippen molar-refractivity contribution in [3.8, 4) is 90.3 Å². The highest BCUT2D eigenvalue weighted by molar-refractivity contribution is 5.83. The second kappa shape index (κ2) is 12.6. The molecule has 0 N–H and O–H groups in total. The number of para-hydroxylation sites is 2. The Kier molecular flexibility index (Phi) is 7.41. The van der Waals surface area contributed by atoms with E-state index in [0.29, 0.717) is 28.8 Å². The molecule has 236 valence electrons. The van der Waals surface area contributed by atoms with Crippen molar-refractivity contribution in [2.75, 3.05) is 0 Å². The van der Waals surface area contributed by atoms with E-state index in [4.69, 9.17) is 19.4 Å². The van der Waals surface area contributed by atoms with Crippen LogP contribution in [-0.2, 0) is 0 Å². The summed E-state index contributed by atoms with van der Waals surface area (Å²) >= 11 is 0. The Labute approximate surface area is 290 Å². The number of benzene rings is 6. The van der Waals surface area contributed by atoms with Crippen molar-refractivity contribution >= 4 is 0 Å². The van der Waals surface area contributed by atoms with Gasteiger partial charge in [0.05, 0.1) is 11.4 Å². The predicted molar refractivity (Wildman–Crippen MR) is 199 cm³/mol. The largest absolute Gasteiger partial charge is 0.450 e. The molecule has 0 radical (unpaired) electrons. The lowest BCUT2D eigenvalue weighted by molar-refractivity contribution is 0.360. The summed E-state index contributed by atoms with van der Waals surface area (Å²) < 4.78 is 12.4. The van der Waals surface area contributed by atoms with Gasteiger partial charge in [0.1, 0.15) is 0 Å². The highest BCUT2D eigenvalue weighted by Crippen LogP contribution is 2.47. The topological polar surface area (TPSA) is 57.1 Å². The number of hydrogen-bond acceptors (Lipinski definition) is 5. The van der Waals surface area contributed by atoms with Crippen molar-refractivity contribution in [3.05, 3.63) is 176 Å². The fourth-order valence-electron chi connectivity index (χ4n) is 6.27. The molecule has 0 saturated heterocycles. The molecule has 0 unspecified atom stereocenters. The van der Waals surface area contributed by atoms with Crippen molar-refractivity contribution in [1.29, 1.82) is 0 Å². The van der Waals surface area contributed by atoms with Crippen LogP contribution in [0.5, 0.6) is 23.0 Å². The van der Waals surface area contributed by atoms with Gasteiger partial charge in [-0.05, 0) is 82.4 Å². The molecule has 50 heavy (non-hydrogen) atoms. The first kappa shape index (κ1) is 29.3. The van der Waals surface area contributed by atoms with Gasteiger partial charge < -0.3 is 9.47 Å². The van der Waals surface area contributed by atoms with Gasteiger partial charge in [-0.25, -0.2) is 9.97 Å². The number of hydrogen-bond donors (Lipinski definition) is 0. The Morgan fingerprint density at radius 2 is 0.840 bits per heavy atom. The monoisotopic (exact) mass is 643 g/mol. The summed E-state index contributed by atoms with van der Waals surface area (Å²) in [4.78, 5) is 14.7. The number of pyridine rings is 1. The highest BCUT2D eigenvalue weighted by atomic mass is 16.6. The second-order valence-electron chi connectivity index (χ2n) is 12.1. The molecular weight excluding hydrogens is 615 g/mol. The van der Waals surface area contributed by atoms with Gasteiger partial charge in [-0.2, -0.15) is 0 Å². The average molecular weight is 644 g/mol. The molecular formula is C45H29N3O2. The second-order valence-corrected chi connectivity index (χ2v) is 12.1. The molecule has 2 aromatic heterocycles. The van der Waals surface area contributed by atoms with E-state index in [1.807, 2.05) is 85.1 Å². The number of aromatic nitrogens is 3. The van der Waals surface area contributed by atoms with Gasteiger partial charge in [-0.3, -0.25) is 4.98 Å². The van der Waals surface area contributed by atoms with Crippen LogP contribution < -0.4 is 9.47 Å². The van der Waals surface area contributed by atoms with E-state index >= 15 is 0 Å². The minimum absolute atomic E-state index is 0.663. The molecule has 8 aromatic rings. The summed E-state index contributed by atoms with van der Waals surface area (Å²) in [5, 5.41) is 0. The molecule has 0 bridgehead atoms. The minimum Gasteiger partial charge on any atom is -0.450 e. The number of ether oxygens (including phenoxy) is 2. The van der Waals surface area contributed by atoms with E-state index < -0.39 is 0 Å². The normalized spacial score (nSPS) is 11.5. The number of rotatable bonds is 6. The Bertz CT molecular complexity index is 2470. The van der Waals surface area contributed by atoms with Crippen LogP contribution in [0.15, 0.2) is 176 Å². The van der Waals surface area contributed by atoms with E-state index in [1.165, 1.54) is 5.56 Å².